The van der Waals surface area contributed by atoms with Gasteiger partial charge in [-0.25, -0.2) is 9.37 Å². The molecule has 1 atom stereocenters. The lowest BCUT2D eigenvalue weighted by Gasteiger charge is -2.22. The van der Waals surface area contributed by atoms with E-state index < -0.39 is 0 Å². The number of amides is 1. The molecule has 1 aliphatic heterocycles. The summed E-state index contributed by atoms with van der Waals surface area (Å²) in [6.07, 6.45) is 3.86. The van der Waals surface area contributed by atoms with Gasteiger partial charge in [0.2, 0.25) is 11.8 Å². The van der Waals surface area contributed by atoms with Crippen LogP contribution in [0.5, 0.6) is 0 Å². The average Bonchev–Trinajstić information content (AvgIpc) is 3.23. The van der Waals surface area contributed by atoms with Gasteiger partial charge in [0.1, 0.15) is 17.4 Å². The maximum Gasteiger partial charge on any atom is 0.226 e. The van der Waals surface area contributed by atoms with E-state index >= 15 is 0 Å². The van der Waals surface area contributed by atoms with Crippen LogP contribution in [0.3, 0.4) is 0 Å². The molecule has 0 spiro atoms. The minimum atomic E-state index is -0.257. The van der Waals surface area contributed by atoms with E-state index in [1.54, 1.807) is 12.1 Å². The fraction of sp³-hybridized carbons (Fsp3) is 0.333. The number of fused-ring (bicyclic) bond motifs is 1. The highest BCUT2D eigenvalue weighted by Crippen LogP contribution is 2.39. The molecule has 5 rings (SSSR count). The Bertz CT molecular complexity index is 993. The third-order valence-electron chi connectivity index (χ3n) is 5.34. The number of halogens is 1. The van der Waals surface area contributed by atoms with Gasteiger partial charge in [-0.05, 0) is 49.4 Å². The molecular weight excluding hydrogens is 331 g/mol. The number of benzene rings is 2. The summed E-state index contributed by atoms with van der Waals surface area (Å²) in [4.78, 5) is 19.1. The minimum absolute atomic E-state index is 0.0765. The molecule has 3 aromatic rings. The quantitative estimate of drug-likeness (QED) is 0.687. The zero-order chi connectivity index (χ0) is 17.7. The van der Waals surface area contributed by atoms with Crippen molar-refractivity contribution in [3.8, 4) is 11.1 Å². The number of carbonyl (C=O) groups is 1. The van der Waals surface area contributed by atoms with Gasteiger partial charge in [0.05, 0.1) is 0 Å². The third kappa shape index (κ3) is 2.59. The van der Waals surface area contributed by atoms with Gasteiger partial charge in [0.15, 0.2) is 5.58 Å². The largest absolute Gasteiger partial charge is 0.438 e. The molecule has 2 aromatic carbocycles. The molecule has 132 valence electrons. The van der Waals surface area contributed by atoms with Crippen LogP contribution in [0.1, 0.15) is 37.6 Å². The summed E-state index contributed by atoms with van der Waals surface area (Å²) in [6.45, 7) is 0.777. The zero-order valence-corrected chi connectivity index (χ0v) is 14.3. The van der Waals surface area contributed by atoms with E-state index in [0.717, 1.165) is 37.8 Å². The fourth-order valence-electron chi connectivity index (χ4n) is 3.80. The average molecular weight is 350 g/mol. The maximum atomic E-state index is 14.1. The molecule has 2 aliphatic rings. The van der Waals surface area contributed by atoms with Crippen molar-refractivity contribution in [3.63, 3.8) is 0 Å². The molecular formula is C21H19FN2O2. The first-order valence-corrected chi connectivity index (χ1v) is 9.16. The van der Waals surface area contributed by atoms with Gasteiger partial charge >= 0.3 is 0 Å². The summed E-state index contributed by atoms with van der Waals surface area (Å²) in [7, 11) is 0. The molecule has 26 heavy (non-hydrogen) atoms. The van der Waals surface area contributed by atoms with Gasteiger partial charge in [-0.1, -0.05) is 24.3 Å². The molecule has 2 heterocycles. The Hall–Kier alpha value is -2.69. The number of rotatable bonds is 3. The summed E-state index contributed by atoms with van der Waals surface area (Å²) in [6, 6.07) is 12.1. The van der Waals surface area contributed by atoms with Crippen molar-refractivity contribution in [2.24, 2.45) is 5.92 Å². The van der Waals surface area contributed by atoms with E-state index in [-0.39, 0.29) is 23.7 Å². The molecule has 0 radical (unpaired) electrons. The smallest absolute Gasteiger partial charge is 0.226 e. The Kier molecular flexibility index (Phi) is 3.55. The topological polar surface area (TPSA) is 46.3 Å². The highest BCUT2D eigenvalue weighted by atomic mass is 19.1. The first kappa shape index (κ1) is 15.6. The van der Waals surface area contributed by atoms with Gasteiger partial charge in [-0.2, -0.15) is 0 Å². The highest BCUT2D eigenvalue weighted by Gasteiger charge is 2.40. The number of hydrogen-bond donors (Lipinski definition) is 0. The fourth-order valence-corrected chi connectivity index (χ4v) is 3.80. The number of aromatic nitrogens is 1. The lowest BCUT2D eigenvalue weighted by molar-refractivity contribution is -0.133. The van der Waals surface area contributed by atoms with Crippen LogP contribution >= 0.6 is 0 Å². The van der Waals surface area contributed by atoms with Gasteiger partial charge in [0.25, 0.3) is 0 Å². The number of carbonyl (C=O) groups excluding carboxylic acids is 1. The predicted molar refractivity (Wildman–Crippen MR) is 95.8 cm³/mol. The molecule has 1 amide bonds. The Morgan fingerprint density at radius 3 is 2.81 bits per heavy atom. The number of likely N-dealkylation sites (tertiary alicyclic amines) is 1. The van der Waals surface area contributed by atoms with Crippen LogP contribution in [0.2, 0.25) is 0 Å². The highest BCUT2D eigenvalue weighted by molar-refractivity contribution is 5.82. The number of oxazole rings is 1. The summed E-state index contributed by atoms with van der Waals surface area (Å²) in [5.41, 5.74) is 2.69. The van der Waals surface area contributed by atoms with Gasteiger partial charge in [0, 0.05) is 18.0 Å². The summed E-state index contributed by atoms with van der Waals surface area (Å²) < 4.78 is 20.0. The van der Waals surface area contributed by atoms with E-state index in [0.29, 0.717) is 22.6 Å². The van der Waals surface area contributed by atoms with Crippen molar-refractivity contribution in [2.45, 2.75) is 31.7 Å². The van der Waals surface area contributed by atoms with E-state index in [1.165, 1.54) is 6.07 Å². The molecule has 5 heteroatoms. The van der Waals surface area contributed by atoms with Crippen molar-refractivity contribution in [1.82, 2.24) is 9.88 Å². The Morgan fingerprint density at radius 2 is 2.00 bits per heavy atom. The van der Waals surface area contributed by atoms with E-state index in [4.69, 9.17) is 4.42 Å². The van der Waals surface area contributed by atoms with Gasteiger partial charge in [-0.3, -0.25) is 4.79 Å². The second-order valence-electron chi connectivity index (χ2n) is 7.18. The number of hydrogen-bond acceptors (Lipinski definition) is 3. The van der Waals surface area contributed by atoms with Crippen molar-refractivity contribution in [1.29, 1.82) is 0 Å². The number of nitrogens with zero attached hydrogens (tertiary/aromatic N) is 2. The van der Waals surface area contributed by atoms with E-state index in [1.807, 2.05) is 29.2 Å². The summed E-state index contributed by atoms with van der Waals surface area (Å²) >= 11 is 0. The molecule has 2 fully saturated rings. The van der Waals surface area contributed by atoms with Crippen molar-refractivity contribution >= 4 is 17.0 Å². The van der Waals surface area contributed by atoms with Crippen LogP contribution in [0, 0.1) is 11.7 Å². The zero-order valence-electron chi connectivity index (χ0n) is 14.3. The lowest BCUT2D eigenvalue weighted by atomic mass is 10.0. The van der Waals surface area contributed by atoms with Crippen LogP contribution < -0.4 is 0 Å². The normalized spacial score (nSPS) is 20.0. The second kappa shape index (κ2) is 5.94. The first-order valence-electron chi connectivity index (χ1n) is 9.16. The van der Waals surface area contributed by atoms with Crippen LogP contribution in [-0.2, 0) is 4.79 Å². The summed E-state index contributed by atoms with van der Waals surface area (Å²) in [5.74, 6) is 0.777. The molecule has 1 aromatic heterocycles. The van der Waals surface area contributed by atoms with Gasteiger partial charge in [-0.15, -0.1) is 0 Å². The second-order valence-corrected chi connectivity index (χ2v) is 7.18. The van der Waals surface area contributed by atoms with E-state index in [2.05, 4.69) is 4.98 Å². The van der Waals surface area contributed by atoms with Crippen LogP contribution in [0.4, 0.5) is 4.39 Å². The molecule has 0 bridgehead atoms. The van der Waals surface area contributed by atoms with Crippen LogP contribution in [0.15, 0.2) is 46.9 Å². The maximum absolute atomic E-state index is 14.1. The minimum Gasteiger partial charge on any atom is -0.438 e. The van der Waals surface area contributed by atoms with Crippen molar-refractivity contribution in [2.75, 3.05) is 6.54 Å². The van der Waals surface area contributed by atoms with Crippen LogP contribution in [-0.4, -0.2) is 22.3 Å². The molecule has 1 unspecified atom stereocenters. The predicted octanol–water partition coefficient (Wildman–Crippen LogP) is 4.71. The van der Waals surface area contributed by atoms with Gasteiger partial charge < -0.3 is 9.32 Å². The lowest BCUT2D eigenvalue weighted by Crippen LogP contribution is -2.31. The summed E-state index contributed by atoms with van der Waals surface area (Å²) in [5, 5.41) is 0. The molecule has 1 saturated heterocycles. The Balaban J connectivity index is 1.50. The monoisotopic (exact) mass is 350 g/mol. The first-order chi connectivity index (χ1) is 12.7. The Morgan fingerprint density at radius 1 is 1.15 bits per heavy atom. The van der Waals surface area contributed by atoms with Crippen molar-refractivity contribution < 1.29 is 13.6 Å². The molecule has 4 nitrogen and oxygen atoms in total. The van der Waals surface area contributed by atoms with Crippen molar-refractivity contribution in [3.05, 3.63) is 54.2 Å². The van der Waals surface area contributed by atoms with E-state index in [9.17, 15) is 9.18 Å². The SMILES string of the molecule is O=C(C1CC1)N1CCCC1c1nc2cc(-c3ccccc3F)ccc2o1. The molecule has 0 N–H and O–H groups in total. The van der Waals surface area contributed by atoms with Crippen LogP contribution in [0.25, 0.3) is 22.2 Å². The molecule has 1 aliphatic carbocycles. The third-order valence-corrected chi connectivity index (χ3v) is 5.34. The Labute approximate surface area is 150 Å². The molecule has 1 saturated carbocycles. The standard InChI is InChI=1S/C21H19FN2O2/c22-16-5-2-1-4-15(16)14-9-10-19-17(12-14)23-20(26-19)18-6-3-11-24(18)21(25)13-7-8-13/h1-2,4-5,9-10,12-13,18H,3,6-8,11H2.